The van der Waals surface area contributed by atoms with Crippen molar-refractivity contribution in [1.82, 2.24) is 14.8 Å². The van der Waals surface area contributed by atoms with E-state index in [0.717, 1.165) is 18.7 Å². The van der Waals surface area contributed by atoms with Crippen LogP contribution in [0.25, 0.3) is 0 Å². The minimum atomic E-state index is -0.789. The van der Waals surface area contributed by atoms with Gasteiger partial charge in [-0.3, -0.25) is 0 Å². The van der Waals surface area contributed by atoms with E-state index in [-0.39, 0.29) is 5.41 Å². The van der Waals surface area contributed by atoms with Gasteiger partial charge in [-0.1, -0.05) is 13.8 Å². The fraction of sp³-hybridized carbons (Fsp3) is 0.800. The van der Waals surface area contributed by atoms with Gasteiger partial charge in [-0.2, -0.15) is 0 Å². The van der Waals surface area contributed by atoms with E-state index in [4.69, 9.17) is 0 Å². The highest BCUT2D eigenvalue weighted by Crippen LogP contribution is 2.55. The first-order valence-corrected chi connectivity index (χ1v) is 4.97. The van der Waals surface area contributed by atoms with Crippen molar-refractivity contribution in [3.05, 3.63) is 11.6 Å². The van der Waals surface area contributed by atoms with Crippen LogP contribution in [-0.4, -0.2) is 19.9 Å². The number of hydrogen-bond donors (Lipinski definition) is 1. The molecule has 1 aliphatic rings. The highest BCUT2D eigenvalue weighted by Gasteiger charge is 2.55. The van der Waals surface area contributed by atoms with Crippen molar-refractivity contribution in [1.29, 1.82) is 0 Å². The lowest BCUT2D eigenvalue weighted by Gasteiger charge is -2.51. The first-order valence-electron chi connectivity index (χ1n) is 4.97. The van der Waals surface area contributed by atoms with Crippen molar-refractivity contribution in [2.75, 3.05) is 0 Å². The van der Waals surface area contributed by atoms with Gasteiger partial charge in [-0.15, -0.1) is 10.2 Å². The zero-order valence-electron chi connectivity index (χ0n) is 9.20. The lowest BCUT2D eigenvalue weighted by atomic mass is 9.58. The first kappa shape index (κ1) is 9.65. The monoisotopic (exact) mass is 195 g/mol. The molecule has 4 heteroatoms. The van der Waals surface area contributed by atoms with Crippen molar-refractivity contribution in [2.24, 2.45) is 12.5 Å². The van der Waals surface area contributed by atoms with E-state index >= 15 is 0 Å². The second-order valence-electron chi connectivity index (χ2n) is 4.87. The van der Waals surface area contributed by atoms with Gasteiger partial charge in [-0.25, -0.2) is 0 Å². The van der Waals surface area contributed by atoms with E-state index in [0.29, 0.717) is 5.82 Å². The van der Waals surface area contributed by atoms with Crippen LogP contribution in [0, 0.1) is 12.3 Å². The third-order valence-corrected chi connectivity index (χ3v) is 3.69. The summed E-state index contributed by atoms with van der Waals surface area (Å²) in [5, 5.41) is 18.5. The van der Waals surface area contributed by atoms with Gasteiger partial charge in [0, 0.05) is 12.5 Å². The Balaban J connectivity index is 2.45. The summed E-state index contributed by atoms with van der Waals surface area (Å²) in [5.74, 6) is 1.54. The Kier molecular flexibility index (Phi) is 1.77. The van der Waals surface area contributed by atoms with Crippen LogP contribution in [0.4, 0.5) is 0 Å². The highest BCUT2D eigenvalue weighted by atomic mass is 16.3. The van der Waals surface area contributed by atoms with E-state index in [1.54, 1.807) is 0 Å². The maximum Gasteiger partial charge on any atom is 0.165 e. The molecule has 1 heterocycles. The summed E-state index contributed by atoms with van der Waals surface area (Å²) in [6, 6.07) is 0. The predicted molar refractivity (Wildman–Crippen MR) is 52.7 cm³/mol. The fourth-order valence-corrected chi connectivity index (χ4v) is 2.04. The molecule has 0 saturated heterocycles. The minimum absolute atomic E-state index is 0.0831. The molecule has 1 unspecified atom stereocenters. The fourth-order valence-electron chi connectivity index (χ4n) is 2.04. The van der Waals surface area contributed by atoms with Crippen LogP contribution >= 0.6 is 0 Å². The minimum Gasteiger partial charge on any atom is -0.381 e. The van der Waals surface area contributed by atoms with E-state index in [2.05, 4.69) is 24.0 Å². The van der Waals surface area contributed by atoms with Crippen LogP contribution in [0.2, 0.25) is 0 Å². The van der Waals surface area contributed by atoms with Crippen molar-refractivity contribution >= 4 is 0 Å². The maximum absolute atomic E-state index is 10.5. The topological polar surface area (TPSA) is 50.9 Å². The second-order valence-corrected chi connectivity index (χ2v) is 4.87. The molecule has 0 bridgehead atoms. The number of aromatic nitrogens is 3. The average molecular weight is 195 g/mol. The van der Waals surface area contributed by atoms with E-state index < -0.39 is 5.60 Å². The molecule has 14 heavy (non-hydrogen) atoms. The molecule has 1 aromatic heterocycles. The number of rotatable bonds is 1. The first-order chi connectivity index (χ1) is 6.38. The SMILES string of the molecule is Cc1nnc(C2(O)CCC2(C)C)n1C. The second kappa shape index (κ2) is 2.57. The lowest BCUT2D eigenvalue weighted by molar-refractivity contribution is -0.163. The normalized spacial score (nSPS) is 30.1. The summed E-state index contributed by atoms with van der Waals surface area (Å²) in [5.41, 5.74) is -0.872. The zero-order chi connectivity index (χ0) is 10.6. The molecule has 0 radical (unpaired) electrons. The number of nitrogens with zero attached hydrogens (tertiary/aromatic N) is 3. The molecule has 1 fully saturated rings. The van der Waals surface area contributed by atoms with E-state index in [9.17, 15) is 5.11 Å². The smallest absolute Gasteiger partial charge is 0.165 e. The Morgan fingerprint density at radius 1 is 1.29 bits per heavy atom. The number of aliphatic hydroxyl groups is 1. The Labute approximate surface area is 84.0 Å². The van der Waals surface area contributed by atoms with Gasteiger partial charge in [0.25, 0.3) is 0 Å². The molecule has 1 N–H and O–H groups in total. The average Bonchev–Trinajstić information content (AvgIpc) is 2.45. The van der Waals surface area contributed by atoms with E-state index in [1.807, 2.05) is 18.5 Å². The molecular weight excluding hydrogens is 178 g/mol. The van der Waals surface area contributed by atoms with Crippen LogP contribution in [0.3, 0.4) is 0 Å². The molecule has 1 aliphatic carbocycles. The van der Waals surface area contributed by atoms with Crippen molar-refractivity contribution in [3.63, 3.8) is 0 Å². The Morgan fingerprint density at radius 3 is 2.21 bits per heavy atom. The molecule has 1 saturated carbocycles. The maximum atomic E-state index is 10.5. The van der Waals surface area contributed by atoms with Crippen LogP contribution in [-0.2, 0) is 12.6 Å². The van der Waals surface area contributed by atoms with Gasteiger partial charge in [0.2, 0.25) is 0 Å². The largest absolute Gasteiger partial charge is 0.381 e. The van der Waals surface area contributed by atoms with Gasteiger partial charge in [-0.05, 0) is 19.8 Å². The van der Waals surface area contributed by atoms with Crippen LogP contribution in [0.5, 0.6) is 0 Å². The lowest BCUT2D eigenvalue weighted by Crippen LogP contribution is -2.52. The number of aryl methyl sites for hydroxylation is 1. The van der Waals surface area contributed by atoms with Gasteiger partial charge >= 0.3 is 0 Å². The van der Waals surface area contributed by atoms with Gasteiger partial charge in [0.15, 0.2) is 5.82 Å². The Morgan fingerprint density at radius 2 is 1.93 bits per heavy atom. The molecule has 78 valence electrons. The molecule has 0 spiro atoms. The Bertz CT molecular complexity index is 369. The van der Waals surface area contributed by atoms with Gasteiger partial charge in [0.05, 0.1) is 0 Å². The molecular formula is C10H17N3O. The Hall–Kier alpha value is -0.900. The quantitative estimate of drug-likeness (QED) is 0.731. The third kappa shape index (κ3) is 0.974. The van der Waals surface area contributed by atoms with Crippen LogP contribution in [0.15, 0.2) is 0 Å². The zero-order valence-corrected chi connectivity index (χ0v) is 9.20. The molecule has 1 aromatic rings. The summed E-state index contributed by atoms with van der Waals surface area (Å²) in [6.07, 6.45) is 1.82. The number of hydrogen-bond acceptors (Lipinski definition) is 3. The molecule has 0 aliphatic heterocycles. The molecule has 4 nitrogen and oxygen atoms in total. The van der Waals surface area contributed by atoms with Gasteiger partial charge in [0.1, 0.15) is 11.4 Å². The van der Waals surface area contributed by atoms with Crippen LogP contribution < -0.4 is 0 Å². The highest BCUT2D eigenvalue weighted by molar-refractivity contribution is 5.16. The van der Waals surface area contributed by atoms with Crippen molar-refractivity contribution in [3.8, 4) is 0 Å². The molecule has 1 atom stereocenters. The molecule has 0 amide bonds. The van der Waals surface area contributed by atoms with Crippen LogP contribution in [0.1, 0.15) is 38.3 Å². The predicted octanol–water partition coefficient (Wildman–Crippen LogP) is 1.13. The summed E-state index contributed by atoms with van der Waals surface area (Å²) in [6.45, 7) is 6.03. The van der Waals surface area contributed by atoms with Crippen molar-refractivity contribution in [2.45, 2.75) is 39.2 Å². The van der Waals surface area contributed by atoms with Gasteiger partial charge < -0.3 is 9.67 Å². The molecule has 0 aromatic carbocycles. The molecule has 2 rings (SSSR count). The summed E-state index contributed by atoms with van der Waals surface area (Å²) < 4.78 is 1.88. The summed E-state index contributed by atoms with van der Waals surface area (Å²) >= 11 is 0. The van der Waals surface area contributed by atoms with E-state index in [1.165, 1.54) is 0 Å². The standard InChI is InChI=1S/C10H17N3O/c1-7-11-12-8(13(7)4)10(14)6-5-9(10,2)3/h14H,5-6H2,1-4H3. The third-order valence-electron chi connectivity index (χ3n) is 3.69. The van der Waals surface area contributed by atoms with Crippen molar-refractivity contribution < 1.29 is 5.11 Å². The summed E-state index contributed by atoms with van der Waals surface area (Å²) in [7, 11) is 1.90. The summed E-state index contributed by atoms with van der Waals surface area (Å²) in [4.78, 5) is 0.